The minimum absolute atomic E-state index is 0. The smallest absolute Gasteiger partial charge is 0.358 e. The third kappa shape index (κ3) is 7.36. The van der Waals surface area contributed by atoms with Gasteiger partial charge in [-0.05, 0) is 64.2 Å². The predicted octanol–water partition coefficient (Wildman–Crippen LogP) is 6.28. The van der Waals surface area contributed by atoms with E-state index in [2.05, 4.69) is 48.5 Å². The van der Waals surface area contributed by atoms with E-state index in [1.54, 1.807) is 0 Å². The van der Waals surface area contributed by atoms with Crippen molar-refractivity contribution >= 4 is 21.5 Å². The first-order valence-electron chi connectivity index (χ1n) is 8.07. The zero-order valence-electron chi connectivity index (χ0n) is 15.0. The zero-order valence-corrected chi connectivity index (χ0v) is 17.4. The SMILES string of the molecule is [CH3-].[CH]1[CH][CH][CH][CH]1.[CH]1[CH][CH][CH][CH]1.[Zr+2].[c-]1c2ccccc2cc2ccccc12. The van der Waals surface area contributed by atoms with E-state index < -0.39 is 0 Å². The molecule has 0 unspecified atom stereocenters. The van der Waals surface area contributed by atoms with Gasteiger partial charge < -0.3 is 7.43 Å². The van der Waals surface area contributed by atoms with Crippen molar-refractivity contribution in [1.82, 2.24) is 0 Å². The summed E-state index contributed by atoms with van der Waals surface area (Å²) in [6.07, 6.45) is 20.0. The first-order chi connectivity index (χ1) is 11.9. The summed E-state index contributed by atoms with van der Waals surface area (Å²) >= 11 is 0. The second kappa shape index (κ2) is 13.3. The first kappa shape index (κ1) is 23.1. The van der Waals surface area contributed by atoms with E-state index in [1.807, 2.05) is 76.3 Å². The summed E-state index contributed by atoms with van der Waals surface area (Å²) in [6.45, 7) is 0. The van der Waals surface area contributed by atoms with Crippen LogP contribution in [0.1, 0.15) is 0 Å². The standard InChI is InChI=1S/C14H9.2C5H5.CH3.Zr/c1-2-6-12-10-14-8-4-3-7-13(14)9-11(12)5-1;2*1-2-4-5-3-1;;/h1-9H;2*1-5H;1H3;/q-1;;;-1;+2. The van der Waals surface area contributed by atoms with Gasteiger partial charge in [0, 0.05) is 0 Å². The summed E-state index contributed by atoms with van der Waals surface area (Å²) < 4.78 is 0. The second-order valence-corrected chi connectivity index (χ2v) is 5.37. The quantitative estimate of drug-likeness (QED) is 0.300. The van der Waals surface area contributed by atoms with Gasteiger partial charge in [-0.25, -0.2) is 0 Å². The van der Waals surface area contributed by atoms with Gasteiger partial charge in [0.05, 0.1) is 0 Å². The Morgan fingerprint density at radius 2 is 0.769 bits per heavy atom. The molecule has 3 aromatic carbocycles. The van der Waals surface area contributed by atoms with Crippen LogP contribution in [-0.2, 0) is 26.2 Å². The molecule has 0 saturated heterocycles. The number of hydrogen-bond donors (Lipinski definition) is 0. The van der Waals surface area contributed by atoms with Crippen LogP contribution in [0.15, 0.2) is 54.6 Å². The molecule has 2 saturated carbocycles. The van der Waals surface area contributed by atoms with Gasteiger partial charge in [0.15, 0.2) is 0 Å². The van der Waals surface area contributed by atoms with Gasteiger partial charge in [-0.1, -0.05) is 47.2 Å². The van der Waals surface area contributed by atoms with Crippen molar-refractivity contribution in [1.29, 1.82) is 0 Å². The molecule has 0 nitrogen and oxygen atoms in total. The van der Waals surface area contributed by atoms with Gasteiger partial charge in [-0.2, -0.15) is 0 Å². The summed E-state index contributed by atoms with van der Waals surface area (Å²) in [7, 11) is 0. The summed E-state index contributed by atoms with van der Waals surface area (Å²) in [5.74, 6) is 0. The molecule has 2 aliphatic rings. The van der Waals surface area contributed by atoms with Crippen molar-refractivity contribution in [2.45, 2.75) is 0 Å². The van der Waals surface area contributed by atoms with E-state index in [0.717, 1.165) is 0 Å². The number of benzene rings is 3. The van der Waals surface area contributed by atoms with Crippen LogP contribution in [0.4, 0.5) is 0 Å². The van der Waals surface area contributed by atoms with Gasteiger partial charge in [0.1, 0.15) is 0 Å². The maximum atomic E-state index is 3.41. The number of rotatable bonds is 0. The van der Waals surface area contributed by atoms with Gasteiger partial charge >= 0.3 is 26.2 Å². The molecular formula is C25H22Zr. The van der Waals surface area contributed by atoms with Crippen LogP contribution in [0.25, 0.3) is 21.5 Å². The molecule has 126 valence electrons. The minimum atomic E-state index is 0. The maximum absolute atomic E-state index is 3.41. The molecule has 0 bridgehead atoms. The fraction of sp³-hybridized carbons (Fsp3) is 0. The molecule has 0 spiro atoms. The Hall–Kier alpha value is -0.937. The van der Waals surface area contributed by atoms with Gasteiger partial charge in [-0.3, -0.25) is 0 Å². The van der Waals surface area contributed by atoms with Gasteiger partial charge in [0.2, 0.25) is 0 Å². The van der Waals surface area contributed by atoms with Crippen molar-refractivity contribution in [2.75, 3.05) is 0 Å². The van der Waals surface area contributed by atoms with E-state index in [9.17, 15) is 0 Å². The fourth-order valence-corrected chi connectivity index (χ4v) is 2.43. The van der Waals surface area contributed by atoms with Crippen LogP contribution in [0.3, 0.4) is 0 Å². The van der Waals surface area contributed by atoms with Crippen molar-refractivity contribution in [3.05, 3.63) is 132 Å². The monoisotopic (exact) mass is 412 g/mol. The third-order valence-electron chi connectivity index (χ3n) is 3.61. The minimum Gasteiger partial charge on any atom is -0.358 e. The average Bonchev–Trinajstić information content (AvgIpc) is 3.38. The van der Waals surface area contributed by atoms with E-state index >= 15 is 0 Å². The van der Waals surface area contributed by atoms with E-state index in [4.69, 9.17) is 0 Å². The third-order valence-corrected chi connectivity index (χ3v) is 3.61. The zero-order chi connectivity index (χ0) is 16.5. The van der Waals surface area contributed by atoms with Crippen LogP contribution in [0.2, 0.25) is 0 Å². The molecule has 2 fully saturated rings. The summed E-state index contributed by atoms with van der Waals surface area (Å²) in [6, 6.07) is 22.3. The van der Waals surface area contributed by atoms with Crippen LogP contribution < -0.4 is 0 Å². The molecule has 0 atom stereocenters. The Morgan fingerprint density at radius 3 is 1.12 bits per heavy atom. The van der Waals surface area contributed by atoms with Crippen LogP contribution in [0.5, 0.6) is 0 Å². The first-order valence-corrected chi connectivity index (χ1v) is 8.07. The normalized spacial score (nSPS) is 15.1. The van der Waals surface area contributed by atoms with Crippen LogP contribution in [0, 0.1) is 77.7 Å². The van der Waals surface area contributed by atoms with Crippen molar-refractivity contribution in [3.63, 3.8) is 0 Å². The molecule has 5 rings (SSSR count). The molecule has 0 aromatic heterocycles. The number of fused-ring (bicyclic) bond motifs is 2. The fourth-order valence-electron chi connectivity index (χ4n) is 2.43. The van der Waals surface area contributed by atoms with Crippen LogP contribution >= 0.6 is 0 Å². The average molecular weight is 414 g/mol. The molecule has 10 radical (unpaired) electrons. The molecule has 0 N–H and O–H groups in total. The summed E-state index contributed by atoms with van der Waals surface area (Å²) in [5.41, 5.74) is 0. The molecule has 0 amide bonds. The van der Waals surface area contributed by atoms with Gasteiger partial charge in [-0.15, -0.1) is 35.0 Å². The Balaban J connectivity index is 0.000000235. The second-order valence-electron chi connectivity index (χ2n) is 5.37. The molecule has 0 aliphatic heterocycles. The molecule has 2 aliphatic carbocycles. The largest absolute Gasteiger partial charge is 2.00 e. The van der Waals surface area contributed by atoms with Crippen molar-refractivity contribution in [2.24, 2.45) is 0 Å². The van der Waals surface area contributed by atoms with E-state index in [-0.39, 0.29) is 33.6 Å². The Morgan fingerprint density at radius 1 is 0.462 bits per heavy atom. The maximum Gasteiger partial charge on any atom is 2.00 e. The summed E-state index contributed by atoms with van der Waals surface area (Å²) in [4.78, 5) is 0. The Labute approximate surface area is 179 Å². The number of hydrogen-bond acceptors (Lipinski definition) is 0. The van der Waals surface area contributed by atoms with Crippen molar-refractivity contribution < 1.29 is 26.2 Å². The summed E-state index contributed by atoms with van der Waals surface area (Å²) in [5, 5.41) is 4.88. The molecule has 0 heterocycles. The van der Waals surface area contributed by atoms with E-state index in [0.29, 0.717) is 0 Å². The molecular weight excluding hydrogens is 391 g/mol. The van der Waals surface area contributed by atoms with Crippen LogP contribution in [-0.4, -0.2) is 0 Å². The Bertz CT molecular complexity index is 609. The van der Waals surface area contributed by atoms with Crippen molar-refractivity contribution in [3.8, 4) is 0 Å². The Kier molecular flexibility index (Phi) is 11.8. The molecule has 3 aromatic rings. The van der Waals surface area contributed by atoms with E-state index in [1.165, 1.54) is 21.5 Å². The molecule has 26 heavy (non-hydrogen) atoms. The topological polar surface area (TPSA) is 0 Å². The van der Waals surface area contributed by atoms with Gasteiger partial charge in [0.25, 0.3) is 0 Å². The molecule has 1 heteroatoms. The predicted molar refractivity (Wildman–Crippen MR) is 110 cm³/mol.